The molecule has 1 aromatic rings. The molecular formula is C11H15F3N2O. The van der Waals surface area contributed by atoms with Gasteiger partial charge < -0.3 is 5.11 Å². The van der Waals surface area contributed by atoms with Crippen LogP contribution in [0.4, 0.5) is 13.2 Å². The van der Waals surface area contributed by atoms with E-state index in [1.807, 2.05) is 0 Å². The van der Waals surface area contributed by atoms with Crippen molar-refractivity contribution in [3.63, 3.8) is 0 Å². The molecule has 17 heavy (non-hydrogen) atoms. The van der Waals surface area contributed by atoms with Gasteiger partial charge in [0.05, 0.1) is 23.9 Å². The molecule has 6 heteroatoms. The Morgan fingerprint density at radius 1 is 1.29 bits per heavy atom. The maximum atomic E-state index is 12.4. The Kier molecular flexibility index (Phi) is 3.16. The van der Waals surface area contributed by atoms with Crippen LogP contribution in [-0.2, 0) is 12.7 Å². The number of rotatable bonds is 2. The molecule has 0 aliphatic heterocycles. The Balaban J connectivity index is 2.06. The number of aromatic nitrogens is 2. The van der Waals surface area contributed by atoms with Crippen molar-refractivity contribution in [1.82, 2.24) is 9.78 Å². The largest absolute Gasteiger partial charge is 0.419 e. The average molecular weight is 248 g/mol. The fourth-order valence-corrected chi connectivity index (χ4v) is 2.27. The molecule has 1 saturated carbocycles. The third-order valence-corrected chi connectivity index (χ3v) is 3.20. The first-order chi connectivity index (χ1) is 7.89. The molecule has 96 valence electrons. The van der Waals surface area contributed by atoms with Crippen molar-refractivity contribution in [2.45, 2.75) is 50.4 Å². The van der Waals surface area contributed by atoms with Gasteiger partial charge in [-0.2, -0.15) is 18.3 Å². The van der Waals surface area contributed by atoms with Crippen LogP contribution >= 0.6 is 0 Å². The molecule has 1 aliphatic carbocycles. The van der Waals surface area contributed by atoms with Crippen molar-refractivity contribution >= 4 is 0 Å². The lowest BCUT2D eigenvalue weighted by Crippen LogP contribution is -2.36. The van der Waals surface area contributed by atoms with Crippen LogP contribution in [0.1, 0.15) is 37.7 Å². The van der Waals surface area contributed by atoms with Gasteiger partial charge >= 0.3 is 6.18 Å². The van der Waals surface area contributed by atoms with E-state index in [-0.39, 0.29) is 6.54 Å². The number of hydrogen-bond acceptors (Lipinski definition) is 2. The minimum atomic E-state index is -4.37. The van der Waals surface area contributed by atoms with Gasteiger partial charge in [0.1, 0.15) is 0 Å². The van der Waals surface area contributed by atoms with Crippen LogP contribution in [0, 0.1) is 0 Å². The van der Waals surface area contributed by atoms with Crippen molar-refractivity contribution in [3.05, 3.63) is 18.0 Å². The minimum absolute atomic E-state index is 0.142. The summed E-state index contributed by atoms with van der Waals surface area (Å²) in [6.45, 7) is 0.142. The number of halogens is 3. The van der Waals surface area contributed by atoms with Crippen molar-refractivity contribution in [2.75, 3.05) is 0 Å². The SMILES string of the molecule is OC1(Cn2cc(C(F)(F)F)cn2)CCCCC1. The lowest BCUT2D eigenvalue weighted by atomic mass is 9.85. The fourth-order valence-electron chi connectivity index (χ4n) is 2.27. The van der Waals surface area contributed by atoms with Crippen molar-refractivity contribution in [3.8, 4) is 0 Å². The van der Waals surface area contributed by atoms with Gasteiger partial charge in [-0.05, 0) is 12.8 Å². The van der Waals surface area contributed by atoms with E-state index < -0.39 is 17.3 Å². The molecule has 0 radical (unpaired) electrons. The molecule has 1 aliphatic rings. The van der Waals surface area contributed by atoms with E-state index in [0.29, 0.717) is 12.8 Å². The Morgan fingerprint density at radius 2 is 1.94 bits per heavy atom. The molecule has 0 aromatic carbocycles. The Hall–Kier alpha value is -1.04. The van der Waals surface area contributed by atoms with Crippen LogP contribution in [0.15, 0.2) is 12.4 Å². The maximum Gasteiger partial charge on any atom is 0.419 e. The van der Waals surface area contributed by atoms with E-state index in [4.69, 9.17) is 0 Å². The molecule has 0 atom stereocenters. The summed E-state index contributed by atoms with van der Waals surface area (Å²) in [7, 11) is 0. The standard InChI is InChI=1S/C11H15F3N2O/c12-11(13,14)9-6-15-16(7-9)8-10(17)4-2-1-3-5-10/h6-7,17H,1-5,8H2. The molecule has 0 bridgehead atoms. The Morgan fingerprint density at radius 3 is 2.47 bits per heavy atom. The van der Waals surface area contributed by atoms with Gasteiger partial charge in [0, 0.05) is 6.20 Å². The quantitative estimate of drug-likeness (QED) is 0.873. The molecular weight excluding hydrogens is 233 g/mol. The number of hydrogen-bond donors (Lipinski definition) is 1. The summed E-state index contributed by atoms with van der Waals surface area (Å²) in [5.41, 5.74) is -1.66. The summed E-state index contributed by atoms with van der Waals surface area (Å²) in [6, 6.07) is 0. The maximum absolute atomic E-state index is 12.4. The first-order valence-corrected chi connectivity index (χ1v) is 5.71. The number of nitrogens with zero attached hydrogens (tertiary/aromatic N) is 2. The van der Waals surface area contributed by atoms with E-state index in [2.05, 4.69) is 5.10 Å². The molecule has 0 spiro atoms. The molecule has 2 rings (SSSR count). The van der Waals surface area contributed by atoms with Gasteiger partial charge in [0.2, 0.25) is 0 Å². The number of alkyl halides is 3. The molecule has 3 nitrogen and oxygen atoms in total. The van der Waals surface area contributed by atoms with E-state index in [1.165, 1.54) is 4.68 Å². The third kappa shape index (κ3) is 3.00. The first-order valence-electron chi connectivity index (χ1n) is 5.71. The summed E-state index contributed by atoms with van der Waals surface area (Å²) in [5.74, 6) is 0. The zero-order valence-electron chi connectivity index (χ0n) is 9.37. The zero-order chi connectivity index (χ0) is 12.5. The predicted octanol–water partition coefficient (Wildman–Crippen LogP) is 2.60. The van der Waals surface area contributed by atoms with Gasteiger partial charge in [-0.25, -0.2) is 0 Å². The fraction of sp³-hybridized carbons (Fsp3) is 0.727. The van der Waals surface area contributed by atoms with E-state index in [0.717, 1.165) is 31.7 Å². The lowest BCUT2D eigenvalue weighted by Gasteiger charge is -2.31. The molecule has 0 amide bonds. The molecule has 0 unspecified atom stereocenters. The Bertz CT molecular complexity index is 380. The van der Waals surface area contributed by atoms with Gasteiger partial charge in [-0.1, -0.05) is 19.3 Å². The monoisotopic (exact) mass is 248 g/mol. The molecule has 1 N–H and O–H groups in total. The normalized spacial score (nSPS) is 20.5. The van der Waals surface area contributed by atoms with Crippen molar-refractivity contribution in [1.29, 1.82) is 0 Å². The number of aliphatic hydroxyl groups is 1. The van der Waals surface area contributed by atoms with Crippen molar-refractivity contribution < 1.29 is 18.3 Å². The average Bonchev–Trinajstić information content (AvgIpc) is 2.66. The lowest BCUT2D eigenvalue weighted by molar-refractivity contribution is -0.137. The summed E-state index contributed by atoms with van der Waals surface area (Å²) in [4.78, 5) is 0. The highest BCUT2D eigenvalue weighted by molar-refractivity contribution is 5.08. The first kappa shape index (κ1) is 12.4. The smallest absolute Gasteiger partial charge is 0.388 e. The van der Waals surface area contributed by atoms with Gasteiger partial charge in [-0.15, -0.1) is 0 Å². The van der Waals surface area contributed by atoms with Crippen LogP contribution in [0.25, 0.3) is 0 Å². The summed E-state index contributed by atoms with van der Waals surface area (Å²) in [5, 5.41) is 13.9. The highest BCUT2D eigenvalue weighted by Crippen LogP contribution is 2.31. The predicted molar refractivity (Wildman–Crippen MR) is 55.3 cm³/mol. The Labute approximate surface area is 97.2 Å². The molecule has 1 fully saturated rings. The van der Waals surface area contributed by atoms with Crippen LogP contribution in [-0.4, -0.2) is 20.5 Å². The van der Waals surface area contributed by atoms with E-state index in [9.17, 15) is 18.3 Å². The van der Waals surface area contributed by atoms with Crippen LogP contribution in [0.3, 0.4) is 0 Å². The second-order valence-corrected chi connectivity index (χ2v) is 4.71. The van der Waals surface area contributed by atoms with E-state index >= 15 is 0 Å². The highest BCUT2D eigenvalue weighted by Gasteiger charge is 2.34. The van der Waals surface area contributed by atoms with Gasteiger partial charge in [0.25, 0.3) is 0 Å². The topological polar surface area (TPSA) is 38.0 Å². The van der Waals surface area contributed by atoms with Crippen molar-refractivity contribution in [2.24, 2.45) is 0 Å². The second-order valence-electron chi connectivity index (χ2n) is 4.71. The summed E-state index contributed by atoms with van der Waals surface area (Å²) >= 11 is 0. The summed E-state index contributed by atoms with van der Waals surface area (Å²) < 4.78 is 38.3. The van der Waals surface area contributed by atoms with Crippen LogP contribution in [0.2, 0.25) is 0 Å². The molecule has 1 aromatic heterocycles. The highest BCUT2D eigenvalue weighted by atomic mass is 19.4. The van der Waals surface area contributed by atoms with Crippen LogP contribution < -0.4 is 0 Å². The van der Waals surface area contributed by atoms with E-state index in [1.54, 1.807) is 0 Å². The molecule has 0 saturated heterocycles. The second kappa shape index (κ2) is 4.33. The third-order valence-electron chi connectivity index (χ3n) is 3.20. The van der Waals surface area contributed by atoms with Crippen LogP contribution in [0.5, 0.6) is 0 Å². The molecule has 1 heterocycles. The van der Waals surface area contributed by atoms with Gasteiger partial charge in [0.15, 0.2) is 0 Å². The van der Waals surface area contributed by atoms with Gasteiger partial charge in [-0.3, -0.25) is 4.68 Å². The minimum Gasteiger partial charge on any atom is -0.388 e. The summed E-state index contributed by atoms with van der Waals surface area (Å²) in [6.07, 6.45) is 1.57. The zero-order valence-corrected chi connectivity index (χ0v) is 9.37.